The van der Waals surface area contributed by atoms with Gasteiger partial charge in [-0.2, -0.15) is 0 Å². The SMILES string of the molecule is c1ccc(P2(c3ccccc3)(c3ccccc3)CSc3ccccc3N2)cc1. The van der Waals surface area contributed by atoms with Crippen molar-refractivity contribution in [3.8, 4) is 0 Å². The Balaban J connectivity index is 1.92. The maximum absolute atomic E-state index is 4.18. The van der Waals surface area contributed by atoms with Gasteiger partial charge < -0.3 is 0 Å². The fourth-order valence-electron chi connectivity index (χ4n) is 4.32. The zero-order valence-electron chi connectivity index (χ0n) is 15.5. The predicted molar refractivity (Wildman–Crippen MR) is 126 cm³/mol. The molecule has 0 bridgehead atoms. The molecule has 0 fully saturated rings. The van der Waals surface area contributed by atoms with Crippen LogP contribution in [-0.4, -0.2) is 5.49 Å². The Bertz CT molecular complexity index is 998. The number of anilines is 1. The molecular weight excluding hydrogens is 377 g/mol. The van der Waals surface area contributed by atoms with Crippen molar-refractivity contribution < 1.29 is 0 Å². The Labute approximate surface area is 170 Å². The Hall–Kier alpha value is -2.54. The van der Waals surface area contributed by atoms with Crippen molar-refractivity contribution in [1.29, 1.82) is 0 Å². The molecule has 1 N–H and O–H groups in total. The second kappa shape index (κ2) is 6.81. The van der Waals surface area contributed by atoms with Gasteiger partial charge in [0.05, 0.1) is 0 Å². The first-order chi connectivity index (χ1) is 13.8. The predicted octanol–water partition coefficient (Wildman–Crippen LogP) is 5.61. The molecule has 0 aromatic heterocycles. The molecule has 0 spiro atoms. The summed E-state index contributed by atoms with van der Waals surface area (Å²) in [6.45, 7) is -2.92. The number of nitrogens with one attached hydrogen (secondary N) is 1. The fraction of sp³-hybridized carbons (Fsp3) is 0.0400. The molecular formula is C25H22NPS. The summed E-state index contributed by atoms with van der Waals surface area (Å²) in [4.78, 5) is 1.32. The molecule has 0 unspecified atom stereocenters. The molecule has 28 heavy (non-hydrogen) atoms. The van der Waals surface area contributed by atoms with E-state index in [1.807, 2.05) is 11.8 Å². The Kier molecular flexibility index (Phi) is 4.27. The molecule has 5 rings (SSSR count). The monoisotopic (exact) mass is 399 g/mol. The molecule has 4 aromatic rings. The van der Waals surface area contributed by atoms with Crippen LogP contribution in [0.1, 0.15) is 0 Å². The third-order valence-corrected chi connectivity index (χ3v) is 14.0. The molecule has 0 atom stereocenters. The molecule has 1 heterocycles. The van der Waals surface area contributed by atoms with E-state index in [4.69, 9.17) is 0 Å². The third-order valence-electron chi connectivity index (χ3n) is 5.71. The Morgan fingerprint density at radius 2 is 0.964 bits per heavy atom. The summed E-state index contributed by atoms with van der Waals surface area (Å²) in [5.74, 6) is 0. The number of hydrogen-bond donors (Lipinski definition) is 1. The average molecular weight is 399 g/mol. The van der Waals surface area contributed by atoms with Crippen LogP contribution in [0.2, 0.25) is 0 Å². The molecule has 3 heteroatoms. The van der Waals surface area contributed by atoms with Gasteiger partial charge in [-0.05, 0) is 0 Å². The van der Waals surface area contributed by atoms with Gasteiger partial charge in [0.1, 0.15) is 0 Å². The van der Waals surface area contributed by atoms with Crippen LogP contribution >= 0.6 is 18.5 Å². The van der Waals surface area contributed by atoms with Gasteiger partial charge in [-0.3, -0.25) is 0 Å². The van der Waals surface area contributed by atoms with Crippen LogP contribution in [0.5, 0.6) is 0 Å². The second-order valence-electron chi connectivity index (χ2n) is 7.19. The molecule has 4 aromatic carbocycles. The average Bonchev–Trinajstić information content (AvgIpc) is 2.80. The van der Waals surface area contributed by atoms with Gasteiger partial charge in [0.15, 0.2) is 0 Å². The van der Waals surface area contributed by atoms with E-state index in [-0.39, 0.29) is 0 Å². The number of benzene rings is 4. The third kappa shape index (κ3) is 2.45. The van der Waals surface area contributed by atoms with Crippen LogP contribution in [-0.2, 0) is 0 Å². The van der Waals surface area contributed by atoms with Crippen molar-refractivity contribution in [3.63, 3.8) is 0 Å². The number of hydrogen-bond acceptors (Lipinski definition) is 2. The minimum atomic E-state index is -2.92. The fourth-order valence-corrected chi connectivity index (χ4v) is 13.0. The molecule has 0 radical (unpaired) electrons. The van der Waals surface area contributed by atoms with Crippen LogP contribution in [0.15, 0.2) is 120 Å². The van der Waals surface area contributed by atoms with Crippen molar-refractivity contribution in [2.75, 3.05) is 10.6 Å². The first-order valence-electron chi connectivity index (χ1n) is 9.51. The molecule has 0 aliphatic carbocycles. The van der Waals surface area contributed by atoms with E-state index in [2.05, 4.69) is 120 Å². The van der Waals surface area contributed by atoms with Crippen LogP contribution < -0.4 is 21.0 Å². The van der Waals surface area contributed by atoms with Gasteiger partial charge in [-0.25, -0.2) is 0 Å². The number of para-hydroxylation sites is 1. The molecule has 0 amide bonds. The standard InChI is InChI=1S/C25H22NPS/c1-4-12-21(13-5-1)27(22-14-6-2-7-15-22,23-16-8-3-9-17-23)20-28-25-19-11-10-18-24(25)26-27/h1-19,26H,20H2. The number of thioether (sulfide) groups is 1. The summed E-state index contributed by atoms with van der Waals surface area (Å²) in [7, 11) is 0. The Morgan fingerprint density at radius 1 is 0.536 bits per heavy atom. The van der Waals surface area contributed by atoms with Gasteiger partial charge in [0.2, 0.25) is 0 Å². The first kappa shape index (κ1) is 17.6. The van der Waals surface area contributed by atoms with Crippen molar-refractivity contribution >= 4 is 40.1 Å². The summed E-state index contributed by atoms with van der Waals surface area (Å²) in [6.07, 6.45) is 0. The summed E-state index contributed by atoms with van der Waals surface area (Å²) >= 11 is 1.97. The summed E-state index contributed by atoms with van der Waals surface area (Å²) in [5, 5.41) is 8.33. The molecule has 0 saturated heterocycles. The summed E-state index contributed by atoms with van der Waals surface area (Å²) < 4.78 is 0. The first-order valence-corrected chi connectivity index (χ1v) is 12.9. The maximum atomic E-state index is 4.18. The van der Waals surface area contributed by atoms with Crippen LogP contribution in [0.3, 0.4) is 0 Å². The van der Waals surface area contributed by atoms with Gasteiger partial charge in [-0.1, -0.05) is 0 Å². The van der Waals surface area contributed by atoms with Crippen molar-refractivity contribution in [2.24, 2.45) is 0 Å². The zero-order chi connectivity index (χ0) is 18.9. The van der Waals surface area contributed by atoms with Gasteiger partial charge in [0.25, 0.3) is 0 Å². The van der Waals surface area contributed by atoms with Crippen LogP contribution in [0.25, 0.3) is 0 Å². The minimum absolute atomic E-state index is 1.00. The van der Waals surface area contributed by atoms with Crippen molar-refractivity contribution in [3.05, 3.63) is 115 Å². The van der Waals surface area contributed by atoms with Crippen LogP contribution in [0.4, 0.5) is 5.69 Å². The van der Waals surface area contributed by atoms with E-state index >= 15 is 0 Å². The number of rotatable bonds is 3. The van der Waals surface area contributed by atoms with Gasteiger partial charge in [0, 0.05) is 0 Å². The van der Waals surface area contributed by atoms with Gasteiger partial charge >= 0.3 is 171 Å². The summed E-state index contributed by atoms with van der Waals surface area (Å²) in [6, 6.07) is 41.9. The number of fused-ring (bicyclic) bond motifs is 1. The quantitative estimate of drug-likeness (QED) is 0.450. The normalized spacial score (nSPS) is 18.1. The molecule has 1 aliphatic heterocycles. The molecule has 138 valence electrons. The topological polar surface area (TPSA) is 12.0 Å². The van der Waals surface area contributed by atoms with Gasteiger partial charge in [-0.15, -0.1) is 0 Å². The van der Waals surface area contributed by atoms with Crippen LogP contribution in [0, 0.1) is 0 Å². The second-order valence-corrected chi connectivity index (χ2v) is 13.3. The summed E-state index contributed by atoms with van der Waals surface area (Å²) in [5.41, 5.74) is 2.23. The van der Waals surface area contributed by atoms with Crippen molar-refractivity contribution in [2.45, 2.75) is 4.90 Å². The molecule has 0 saturated carbocycles. The van der Waals surface area contributed by atoms with E-state index in [1.54, 1.807) is 0 Å². The Morgan fingerprint density at radius 3 is 1.46 bits per heavy atom. The van der Waals surface area contributed by atoms with Crippen molar-refractivity contribution in [1.82, 2.24) is 0 Å². The molecule has 1 nitrogen and oxygen atoms in total. The van der Waals surface area contributed by atoms with E-state index in [9.17, 15) is 0 Å². The van der Waals surface area contributed by atoms with E-state index < -0.39 is 6.75 Å². The van der Waals surface area contributed by atoms with E-state index in [1.165, 1.54) is 26.5 Å². The van der Waals surface area contributed by atoms with E-state index in [0.29, 0.717) is 0 Å². The van der Waals surface area contributed by atoms with E-state index in [0.717, 1.165) is 5.49 Å². The molecule has 1 aliphatic rings. The zero-order valence-corrected chi connectivity index (χ0v) is 17.2.